The average Bonchev–Trinajstić information content (AvgIpc) is 3.12. The third-order valence-corrected chi connectivity index (χ3v) is 4.89. The van der Waals surface area contributed by atoms with Gasteiger partial charge in [-0.25, -0.2) is 0 Å². The molecule has 1 saturated heterocycles. The summed E-state index contributed by atoms with van der Waals surface area (Å²) in [6.45, 7) is 5.64. The minimum atomic E-state index is 0.209. The van der Waals surface area contributed by atoms with Crippen LogP contribution in [0.2, 0.25) is 0 Å². The van der Waals surface area contributed by atoms with E-state index in [-0.39, 0.29) is 11.9 Å². The molecule has 0 unspecified atom stereocenters. The van der Waals surface area contributed by atoms with Crippen molar-refractivity contribution in [3.63, 3.8) is 0 Å². The number of hydrogen-bond acceptors (Lipinski definition) is 3. The lowest BCUT2D eigenvalue weighted by Crippen LogP contribution is -2.46. The highest BCUT2D eigenvalue weighted by molar-refractivity contribution is 5.79. The van der Waals surface area contributed by atoms with Gasteiger partial charge in [-0.1, -0.05) is 0 Å². The van der Waals surface area contributed by atoms with Crippen molar-refractivity contribution in [2.75, 3.05) is 6.54 Å². The second-order valence-corrected chi connectivity index (χ2v) is 6.41. The van der Waals surface area contributed by atoms with Crippen LogP contribution in [0.4, 0.5) is 0 Å². The zero-order chi connectivity index (χ0) is 16.4. The molecule has 2 aromatic heterocycles. The third kappa shape index (κ3) is 3.30. The number of likely N-dealkylation sites (tertiary alicyclic amines) is 1. The van der Waals surface area contributed by atoms with Crippen molar-refractivity contribution in [3.05, 3.63) is 35.4 Å². The topological polar surface area (TPSA) is 56.0 Å². The number of carbonyl (C=O) groups excluding carboxylic acids is 1. The van der Waals surface area contributed by atoms with Gasteiger partial charge in [0, 0.05) is 37.2 Å². The molecule has 1 amide bonds. The molecule has 1 aliphatic heterocycles. The van der Waals surface area contributed by atoms with Gasteiger partial charge >= 0.3 is 0 Å². The fraction of sp³-hybridized carbons (Fsp3) is 0.588. The summed E-state index contributed by atoms with van der Waals surface area (Å²) in [5, 5.41) is 8.71. The Kier molecular flexibility index (Phi) is 4.50. The molecule has 0 N–H and O–H groups in total. The van der Waals surface area contributed by atoms with Gasteiger partial charge in [-0.2, -0.15) is 10.2 Å². The van der Waals surface area contributed by atoms with E-state index in [1.165, 1.54) is 6.42 Å². The van der Waals surface area contributed by atoms with E-state index >= 15 is 0 Å². The van der Waals surface area contributed by atoms with Crippen LogP contribution in [-0.4, -0.2) is 43.0 Å². The minimum Gasteiger partial charge on any atom is -0.338 e. The Balaban J connectivity index is 1.73. The summed E-state index contributed by atoms with van der Waals surface area (Å²) in [5.74, 6) is 0.209. The molecule has 0 saturated carbocycles. The van der Waals surface area contributed by atoms with Crippen LogP contribution < -0.4 is 0 Å². The largest absolute Gasteiger partial charge is 0.338 e. The van der Waals surface area contributed by atoms with Gasteiger partial charge in [-0.3, -0.25) is 14.2 Å². The van der Waals surface area contributed by atoms with Crippen molar-refractivity contribution < 1.29 is 4.79 Å². The van der Waals surface area contributed by atoms with E-state index in [0.717, 1.165) is 42.9 Å². The summed E-state index contributed by atoms with van der Waals surface area (Å²) in [7, 11) is 1.93. The Hall–Kier alpha value is -2.11. The Labute approximate surface area is 137 Å². The standard InChI is InChI=1S/C17H25N5O/c1-13-16(14(2)20(3)19-13)11-17(23)22-10-5-4-7-15(22)12-21-9-6-8-18-21/h6,8-9,15H,4-5,7,10-12H2,1-3H3/t15-/m0/s1. The molecule has 0 aromatic carbocycles. The normalized spacial score (nSPS) is 18.4. The highest BCUT2D eigenvalue weighted by Crippen LogP contribution is 2.21. The van der Waals surface area contributed by atoms with E-state index < -0.39 is 0 Å². The van der Waals surface area contributed by atoms with Gasteiger partial charge in [0.2, 0.25) is 5.91 Å². The maximum Gasteiger partial charge on any atom is 0.227 e. The zero-order valence-corrected chi connectivity index (χ0v) is 14.2. The monoisotopic (exact) mass is 315 g/mol. The number of rotatable bonds is 4. The van der Waals surface area contributed by atoms with Crippen LogP contribution in [0.1, 0.15) is 36.2 Å². The Morgan fingerprint density at radius 3 is 2.83 bits per heavy atom. The highest BCUT2D eigenvalue weighted by atomic mass is 16.2. The molecule has 0 spiro atoms. The average molecular weight is 315 g/mol. The van der Waals surface area contributed by atoms with Crippen molar-refractivity contribution in [2.24, 2.45) is 7.05 Å². The van der Waals surface area contributed by atoms with Crippen molar-refractivity contribution in [3.8, 4) is 0 Å². The van der Waals surface area contributed by atoms with E-state index in [9.17, 15) is 4.79 Å². The van der Waals surface area contributed by atoms with E-state index in [0.29, 0.717) is 6.42 Å². The van der Waals surface area contributed by atoms with Gasteiger partial charge < -0.3 is 4.90 Å². The van der Waals surface area contributed by atoms with Crippen molar-refractivity contribution in [1.82, 2.24) is 24.5 Å². The van der Waals surface area contributed by atoms with Crippen molar-refractivity contribution in [2.45, 2.75) is 52.1 Å². The fourth-order valence-corrected chi connectivity index (χ4v) is 3.47. The fourth-order valence-electron chi connectivity index (χ4n) is 3.47. The van der Waals surface area contributed by atoms with E-state index in [2.05, 4.69) is 15.1 Å². The molecule has 6 heteroatoms. The summed E-state index contributed by atoms with van der Waals surface area (Å²) < 4.78 is 3.78. The van der Waals surface area contributed by atoms with Gasteiger partial charge in [0.05, 0.1) is 24.7 Å². The molecular weight excluding hydrogens is 290 g/mol. The first kappa shape index (κ1) is 15.8. The molecular formula is C17H25N5O. The second-order valence-electron chi connectivity index (χ2n) is 6.41. The molecule has 1 fully saturated rings. The summed E-state index contributed by atoms with van der Waals surface area (Å²) >= 11 is 0. The predicted molar refractivity (Wildman–Crippen MR) is 88.0 cm³/mol. The summed E-state index contributed by atoms with van der Waals surface area (Å²) in [6, 6.07) is 2.17. The number of nitrogens with zero attached hydrogens (tertiary/aromatic N) is 5. The second kappa shape index (κ2) is 6.56. The predicted octanol–water partition coefficient (Wildman–Crippen LogP) is 1.86. The van der Waals surface area contributed by atoms with Crippen LogP contribution in [0, 0.1) is 13.8 Å². The van der Waals surface area contributed by atoms with E-state index in [1.807, 2.05) is 42.5 Å². The first-order chi connectivity index (χ1) is 11.1. The van der Waals surface area contributed by atoms with Crippen LogP contribution in [-0.2, 0) is 24.8 Å². The van der Waals surface area contributed by atoms with Gasteiger partial charge in [-0.15, -0.1) is 0 Å². The van der Waals surface area contributed by atoms with Crippen LogP contribution in [0.5, 0.6) is 0 Å². The van der Waals surface area contributed by atoms with Crippen LogP contribution >= 0.6 is 0 Å². The summed E-state index contributed by atoms with van der Waals surface area (Å²) in [4.78, 5) is 14.9. The quantitative estimate of drug-likeness (QED) is 0.865. The molecule has 6 nitrogen and oxygen atoms in total. The number of aromatic nitrogens is 4. The number of aryl methyl sites for hydroxylation is 2. The zero-order valence-electron chi connectivity index (χ0n) is 14.2. The van der Waals surface area contributed by atoms with E-state index in [4.69, 9.17) is 0 Å². The number of carbonyl (C=O) groups is 1. The lowest BCUT2D eigenvalue weighted by atomic mass is 10.0. The minimum absolute atomic E-state index is 0.209. The number of hydrogen-bond donors (Lipinski definition) is 0. The molecule has 0 radical (unpaired) electrons. The lowest BCUT2D eigenvalue weighted by Gasteiger charge is -2.36. The summed E-state index contributed by atoms with van der Waals surface area (Å²) in [6.07, 6.45) is 7.52. The van der Waals surface area contributed by atoms with Crippen LogP contribution in [0.25, 0.3) is 0 Å². The number of amides is 1. The first-order valence-electron chi connectivity index (χ1n) is 8.32. The number of piperidine rings is 1. The Morgan fingerprint density at radius 2 is 2.17 bits per heavy atom. The Morgan fingerprint density at radius 1 is 1.35 bits per heavy atom. The highest BCUT2D eigenvalue weighted by Gasteiger charge is 2.28. The van der Waals surface area contributed by atoms with Gasteiger partial charge in [0.15, 0.2) is 0 Å². The van der Waals surface area contributed by atoms with Gasteiger partial charge in [0.1, 0.15) is 0 Å². The molecule has 3 rings (SSSR count). The maximum absolute atomic E-state index is 12.9. The first-order valence-corrected chi connectivity index (χ1v) is 8.32. The molecule has 0 aliphatic carbocycles. The summed E-state index contributed by atoms with van der Waals surface area (Å²) in [5.41, 5.74) is 3.11. The van der Waals surface area contributed by atoms with Gasteiger partial charge in [-0.05, 0) is 39.2 Å². The van der Waals surface area contributed by atoms with Crippen LogP contribution in [0.3, 0.4) is 0 Å². The molecule has 0 bridgehead atoms. The lowest BCUT2D eigenvalue weighted by molar-refractivity contribution is -0.134. The van der Waals surface area contributed by atoms with Crippen molar-refractivity contribution in [1.29, 1.82) is 0 Å². The van der Waals surface area contributed by atoms with Gasteiger partial charge in [0.25, 0.3) is 0 Å². The van der Waals surface area contributed by atoms with E-state index in [1.54, 1.807) is 6.20 Å². The SMILES string of the molecule is Cc1nn(C)c(C)c1CC(=O)N1CCCC[C@H]1Cn1cccn1. The third-order valence-electron chi connectivity index (χ3n) is 4.89. The maximum atomic E-state index is 12.9. The smallest absolute Gasteiger partial charge is 0.227 e. The molecule has 23 heavy (non-hydrogen) atoms. The molecule has 1 atom stereocenters. The molecule has 2 aromatic rings. The molecule has 124 valence electrons. The Bertz CT molecular complexity index is 673. The molecule has 1 aliphatic rings. The van der Waals surface area contributed by atoms with Crippen LogP contribution in [0.15, 0.2) is 18.5 Å². The molecule has 3 heterocycles. The van der Waals surface area contributed by atoms with Crippen molar-refractivity contribution >= 4 is 5.91 Å².